The van der Waals surface area contributed by atoms with E-state index in [0.29, 0.717) is 4.75 Å². The summed E-state index contributed by atoms with van der Waals surface area (Å²) >= 11 is 2.10. The molecule has 2 aliphatic heterocycles. The molecule has 2 heterocycles. The molecule has 0 amide bonds. The molecule has 0 aromatic carbocycles. The Labute approximate surface area is 66.1 Å². The highest BCUT2D eigenvalue weighted by Crippen LogP contribution is 2.35. The first-order valence-electron chi connectivity index (χ1n) is 3.97. The summed E-state index contributed by atoms with van der Waals surface area (Å²) in [5.41, 5.74) is 0. The van der Waals surface area contributed by atoms with Gasteiger partial charge in [0.15, 0.2) is 0 Å². The Kier molecular flexibility index (Phi) is 1.89. The topological polar surface area (TPSA) is 24.1 Å². The lowest BCUT2D eigenvalue weighted by atomic mass is 10.0. The number of thioether (sulfide) groups is 1. The predicted molar refractivity (Wildman–Crippen MR) is 45.3 cm³/mol. The molecule has 0 saturated carbocycles. The van der Waals surface area contributed by atoms with Crippen molar-refractivity contribution in [3.8, 4) is 0 Å². The summed E-state index contributed by atoms with van der Waals surface area (Å²) < 4.78 is 0.616. The number of hydrogen-bond donors (Lipinski definition) is 2. The van der Waals surface area contributed by atoms with Crippen LogP contribution in [0.1, 0.15) is 12.8 Å². The standard InChI is InChI=1S/C7H14N2S/c1-3-8-5-7(1)2-4-9-6-10-7/h8-9H,1-6H2. The zero-order chi connectivity index (χ0) is 6.86. The molecule has 1 spiro atoms. The van der Waals surface area contributed by atoms with Gasteiger partial charge in [0, 0.05) is 17.2 Å². The predicted octanol–water partition coefficient (Wildman–Crippen LogP) is 0.402. The smallest absolute Gasteiger partial charge is 0.0423 e. The van der Waals surface area contributed by atoms with Gasteiger partial charge in [-0.1, -0.05) is 0 Å². The van der Waals surface area contributed by atoms with Crippen molar-refractivity contribution < 1.29 is 0 Å². The molecular weight excluding hydrogens is 144 g/mol. The van der Waals surface area contributed by atoms with Crippen molar-refractivity contribution in [2.45, 2.75) is 17.6 Å². The Balaban J connectivity index is 1.98. The van der Waals surface area contributed by atoms with Crippen LogP contribution in [0.15, 0.2) is 0 Å². The van der Waals surface area contributed by atoms with E-state index >= 15 is 0 Å². The molecule has 1 atom stereocenters. The van der Waals surface area contributed by atoms with Crippen molar-refractivity contribution in [2.24, 2.45) is 0 Å². The molecule has 0 bridgehead atoms. The Morgan fingerprint density at radius 1 is 1.10 bits per heavy atom. The Morgan fingerprint density at radius 2 is 1.90 bits per heavy atom. The third-order valence-electron chi connectivity index (χ3n) is 2.44. The fraction of sp³-hybridized carbons (Fsp3) is 1.00. The Hall–Kier alpha value is 0.270. The van der Waals surface area contributed by atoms with Crippen LogP contribution in [0.3, 0.4) is 0 Å². The van der Waals surface area contributed by atoms with Gasteiger partial charge in [0.25, 0.3) is 0 Å². The lowest BCUT2D eigenvalue weighted by molar-refractivity contribution is 0.537. The zero-order valence-electron chi connectivity index (χ0n) is 6.15. The van der Waals surface area contributed by atoms with E-state index in [1.54, 1.807) is 0 Å². The van der Waals surface area contributed by atoms with E-state index in [1.165, 1.54) is 32.5 Å². The van der Waals surface area contributed by atoms with E-state index in [0.717, 1.165) is 5.88 Å². The van der Waals surface area contributed by atoms with E-state index in [-0.39, 0.29) is 0 Å². The summed E-state index contributed by atoms with van der Waals surface area (Å²) in [5, 5.41) is 6.81. The van der Waals surface area contributed by atoms with E-state index in [4.69, 9.17) is 0 Å². The summed E-state index contributed by atoms with van der Waals surface area (Å²) in [6.45, 7) is 3.68. The minimum atomic E-state index is 0.616. The molecule has 0 radical (unpaired) electrons. The van der Waals surface area contributed by atoms with Crippen LogP contribution in [0.5, 0.6) is 0 Å². The van der Waals surface area contributed by atoms with Gasteiger partial charge in [-0.2, -0.15) is 0 Å². The third kappa shape index (κ3) is 1.18. The lowest BCUT2D eigenvalue weighted by Crippen LogP contribution is -2.38. The van der Waals surface area contributed by atoms with Crippen LogP contribution < -0.4 is 10.6 Å². The van der Waals surface area contributed by atoms with Crippen LogP contribution in [-0.2, 0) is 0 Å². The van der Waals surface area contributed by atoms with Gasteiger partial charge in [0.05, 0.1) is 0 Å². The number of hydrogen-bond acceptors (Lipinski definition) is 3. The largest absolute Gasteiger partial charge is 0.315 e. The van der Waals surface area contributed by atoms with Crippen molar-refractivity contribution in [3.05, 3.63) is 0 Å². The van der Waals surface area contributed by atoms with Crippen molar-refractivity contribution in [1.29, 1.82) is 0 Å². The van der Waals surface area contributed by atoms with Crippen molar-refractivity contribution >= 4 is 11.8 Å². The lowest BCUT2D eigenvalue weighted by Gasteiger charge is -2.32. The maximum atomic E-state index is 3.43. The third-order valence-corrected chi connectivity index (χ3v) is 3.96. The van der Waals surface area contributed by atoms with Gasteiger partial charge < -0.3 is 10.6 Å². The maximum Gasteiger partial charge on any atom is 0.0423 e. The van der Waals surface area contributed by atoms with Gasteiger partial charge in [0.1, 0.15) is 0 Å². The van der Waals surface area contributed by atoms with E-state index in [9.17, 15) is 0 Å². The van der Waals surface area contributed by atoms with Crippen LogP contribution in [0.2, 0.25) is 0 Å². The van der Waals surface area contributed by atoms with E-state index in [2.05, 4.69) is 22.4 Å². The molecular formula is C7H14N2S. The fourth-order valence-corrected chi connectivity index (χ4v) is 2.97. The molecule has 0 aromatic rings. The monoisotopic (exact) mass is 158 g/mol. The minimum absolute atomic E-state index is 0.616. The van der Waals surface area contributed by atoms with Gasteiger partial charge >= 0.3 is 0 Å². The Bertz CT molecular complexity index is 113. The summed E-state index contributed by atoms with van der Waals surface area (Å²) in [6, 6.07) is 0. The minimum Gasteiger partial charge on any atom is -0.315 e. The molecule has 2 aliphatic rings. The van der Waals surface area contributed by atoms with Crippen molar-refractivity contribution in [1.82, 2.24) is 10.6 Å². The molecule has 2 rings (SSSR count). The number of nitrogens with one attached hydrogen (secondary N) is 2. The van der Waals surface area contributed by atoms with Crippen LogP contribution in [0.25, 0.3) is 0 Å². The molecule has 2 saturated heterocycles. The first-order valence-corrected chi connectivity index (χ1v) is 4.95. The maximum absolute atomic E-state index is 3.43. The second-order valence-corrected chi connectivity index (χ2v) is 4.59. The first kappa shape index (κ1) is 6.95. The molecule has 58 valence electrons. The van der Waals surface area contributed by atoms with Gasteiger partial charge in [-0.3, -0.25) is 0 Å². The molecule has 0 aliphatic carbocycles. The summed E-state index contributed by atoms with van der Waals surface area (Å²) in [5.74, 6) is 1.15. The molecule has 3 heteroatoms. The quantitative estimate of drug-likeness (QED) is 0.534. The van der Waals surface area contributed by atoms with E-state index in [1.807, 2.05) is 0 Å². The van der Waals surface area contributed by atoms with Gasteiger partial charge in [-0.25, -0.2) is 0 Å². The van der Waals surface area contributed by atoms with Gasteiger partial charge in [-0.05, 0) is 25.9 Å². The highest BCUT2D eigenvalue weighted by molar-refractivity contribution is 8.00. The van der Waals surface area contributed by atoms with Crippen LogP contribution >= 0.6 is 11.8 Å². The Morgan fingerprint density at radius 3 is 2.50 bits per heavy atom. The SMILES string of the molecule is C1CC2(CCNC2)SCN1. The van der Waals surface area contributed by atoms with Gasteiger partial charge in [-0.15, -0.1) is 11.8 Å². The molecule has 2 N–H and O–H groups in total. The first-order chi connectivity index (χ1) is 4.91. The van der Waals surface area contributed by atoms with Crippen molar-refractivity contribution in [2.75, 3.05) is 25.5 Å². The average molecular weight is 158 g/mol. The highest BCUT2D eigenvalue weighted by atomic mass is 32.2. The average Bonchev–Trinajstić information content (AvgIpc) is 2.39. The summed E-state index contributed by atoms with van der Waals surface area (Å²) in [6.07, 6.45) is 2.73. The molecule has 10 heavy (non-hydrogen) atoms. The van der Waals surface area contributed by atoms with Crippen LogP contribution in [0, 0.1) is 0 Å². The van der Waals surface area contributed by atoms with E-state index < -0.39 is 0 Å². The second-order valence-electron chi connectivity index (χ2n) is 3.15. The summed E-state index contributed by atoms with van der Waals surface area (Å²) in [4.78, 5) is 0. The summed E-state index contributed by atoms with van der Waals surface area (Å²) in [7, 11) is 0. The molecule has 2 nitrogen and oxygen atoms in total. The van der Waals surface area contributed by atoms with Crippen LogP contribution in [0.4, 0.5) is 0 Å². The molecule has 2 fully saturated rings. The fourth-order valence-electron chi connectivity index (χ4n) is 1.72. The van der Waals surface area contributed by atoms with Crippen LogP contribution in [-0.4, -0.2) is 30.3 Å². The highest BCUT2D eigenvalue weighted by Gasteiger charge is 2.35. The zero-order valence-corrected chi connectivity index (χ0v) is 6.97. The molecule has 0 aromatic heterocycles. The normalized spacial score (nSPS) is 40.8. The van der Waals surface area contributed by atoms with Crippen molar-refractivity contribution in [3.63, 3.8) is 0 Å². The second kappa shape index (κ2) is 2.72. The molecule has 1 unspecified atom stereocenters. The van der Waals surface area contributed by atoms with Gasteiger partial charge in [0.2, 0.25) is 0 Å². The number of rotatable bonds is 0.